The molecule has 0 aliphatic rings. The quantitative estimate of drug-likeness (QED) is 0.0347. The Morgan fingerprint density at radius 1 is 0.357 bits per heavy atom. The van der Waals surface area contributed by atoms with E-state index in [1.807, 2.05) is 0 Å². The van der Waals surface area contributed by atoms with Gasteiger partial charge in [0, 0.05) is 19.3 Å². The van der Waals surface area contributed by atoms with Gasteiger partial charge in [-0.25, -0.2) is 0 Å². The van der Waals surface area contributed by atoms with E-state index in [0.29, 0.717) is 19.3 Å². The van der Waals surface area contributed by atoms with Gasteiger partial charge in [0.2, 0.25) is 0 Å². The zero-order chi connectivity index (χ0) is 41.2. The predicted octanol–water partition coefficient (Wildman–Crippen LogP) is 15.8. The molecule has 0 bridgehead atoms. The highest BCUT2D eigenvalue weighted by molar-refractivity contribution is 5.71. The van der Waals surface area contributed by atoms with Crippen LogP contribution in [0.25, 0.3) is 0 Å². The van der Waals surface area contributed by atoms with Crippen molar-refractivity contribution < 1.29 is 28.6 Å². The van der Waals surface area contributed by atoms with Crippen LogP contribution in [0.5, 0.6) is 0 Å². The van der Waals surface area contributed by atoms with Crippen molar-refractivity contribution in [2.45, 2.75) is 278 Å². The fourth-order valence-corrected chi connectivity index (χ4v) is 7.39. The van der Waals surface area contributed by atoms with Gasteiger partial charge in [-0.1, -0.05) is 234 Å². The van der Waals surface area contributed by atoms with E-state index in [1.54, 1.807) is 0 Å². The Hall–Kier alpha value is -1.59. The molecule has 0 aromatic carbocycles. The van der Waals surface area contributed by atoms with Gasteiger partial charge in [0.25, 0.3) is 0 Å². The van der Waals surface area contributed by atoms with Gasteiger partial charge in [-0.3, -0.25) is 14.4 Å². The highest BCUT2D eigenvalue weighted by Gasteiger charge is 2.19. The van der Waals surface area contributed by atoms with Crippen LogP contribution in [0.15, 0.2) is 0 Å². The van der Waals surface area contributed by atoms with Crippen LogP contribution >= 0.6 is 0 Å². The summed E-state index contributed by atoms with van der Waals surface area (Å²) in [5, 5.41) is 0. The van der Waals surface area contributed by atoms with Gasteiger partial charge in [-0.15, -0.1) is 0 Å². The van der Waals surface area contributed by atoms with E-state index in [9.17, 15) is 14.4 Å². The maximum absolute atomic E-state index is 12.8. The van der Waals surface area contributed by atoms with Crippen molar-refractivity contribution in [1.82, 2.24) is 0 Å². The summed E-state index contributed by atoms with van der Waals surface area (Å²) in [7, 11) is 0. The van der Waals surface area contributed by atoms with E-state index in [0.717, 1.165) is 69.6 Å². The second-order valence-electron chi connectivity index (χ2n) is 17.6. The van der Waals surface area contributed by atoms with Gasteiger partial charge in [0.15, 0.2) is 6.10 Å². The highest BCUT2D eigenvalue weighted by atomic mass is 16.6. The van der Waals surface area contributed by atoms with Crippen LogP contribution in [0.1, 0.15) is 272 Å². The van der Waals surface area contributed by atoms with Crippen molar-refractivity contribution in [3.8, 4) is 0 Å². The van der Waals surface area contributed by atoms with Crippen molar-refractivity contribution >= 4 is 17.9 Å². The molecule has 0 aromatic rings. The Balaban J connectivity index is 4.33. The van der Waals surface area contributed by atoms with Gasteiger partial charge >= 0.3 is 17.9 Å². The summed E-state index contributed by atoms with van der Waals surface area (Å²) in [5.74, 6) is 0.884. The van der Waals surface area contributed by atoms with Crippen LogP contribution in [-0.2, 0) is 28.6 Å². The summed E-state index contributed by atoms with van der Waals surface area (Å²) < 4.78 is 16.8. The normalized spacial score (nSPS) is 13.0. The Kier molecular flexibility index (Phi) is 41.8. The van der Waals surface area contributed by atoms with Gasteiger partial charge in [-0.2, -0.15) is 0 Å². The van der Waals surface area contributed by atoms with Crippen molar-refractivity contribution in [3.63, 3.8) is 0 Å². The van der Waals surface area contributed by atoms with E-state index in [1.165, 1.54) is 161 Å². The van der Waals surface area contributed by atoms with Gasteiger partial charge < -0.3 is 14.2 Å². The molecule has 0 heterocycles. The van der Waals surface area contributed by atoms with Gasteiger partial charge in [0.05, 0.1) is 0 Å². The van der Waals surface area contributed by atoms with Crippen molar-refractivity contribution in [2.75, 3.05) is 13.2 Å². The Morgan fingerprint density at radius 3 is 0.929 bits per heavy atom. The molecule has 6 heteroatoms. The third-order valence-corrected chi connectivity index (χ3v) is 11.9. The Morgan fingerprint density at radius 2 is 0.625 bits per heavy atom. The Labute approximate surface area is 348 Å². The van der Waals surface area contributed by atoms with Crippen LogP contribution in [0.2, 0.25) is 0 Å². The van der Waals surface area contributed by atoms with Crippen LogP contribution in [-0.4, -0.2) is 37.2 Å². The molecular formula is C50H96O6. The molecule has 0 amide bonds. The number of unbranched alkanes of at least 4 members (excludes halogenated alkanes) is 27. The van der Waals surface area contributed by atoms with E-state index in [2.05, 4.69) is 34.6 Å². The predicted molar refractivity (Wildman–Crippen MR) is 238 cm³/mol. The van der Waals surface area contributed by atoms with Crippen molar-refractivity contribution in [3.05, 3.63) is 0 Å². The molecule has 6 nitrogen and oxygen atoms in total. The van der Waals surface area contributed by atoms with E-state index >= 15 is 0 Å². The number of carbonyl (C=O) groups excluding carboxylic acids is 3. The fraction of sp³-hybridized carbons (Fsp3) is 0.940. The van der Waals surface area contributed by atoms with Crippen molar-refractivity contribution in [1.29, 1.82) is 0 Å². The minimum atomic E-state index is -0.761. The molecular weight excluding hydrogens is 697 g/mol. The van der Waals surface area contributed by atoms with Crippen molar-refractivity contribution in [2.24, 2.45) is 11.8 Å². The van der Waals surface area contributed by atoms with Crippen LogP contribution in [0, 0.1) is 11.8 Å². The molecule has 0 saturated carbocycles. The first-order chi connectivity index (χ1) is 27.3. The second kappa shape index (κ2) is 43.0. The third-order valence-electron chi connectivity index (χ3n) is 11.9. The summed E-state index contributed by atoms with van der Waals surface area (Å²) >= 11 is 0. The maximum atomic E-state index is 12.8. The SMILES string of the molecule is CCCCCCCCCCCCC(=O)OC[C@@H](COC(=O)CCCCCCCCCCCCC(C)CC)OC(=O)CCCCCCCCCCCCC(C)CC. The summed E-state index contributed by atoms with van der Waals surface area (Å²) in [6.45, 7) is 11.4. The lowest BCUT2D eigenvalue weighted by Gasteiger charge is -2.18. The highest BCUT2D eigenvalue weighted by Crippen LogP contribution is 2.18. The molecule has 332 valence electrons. The molecule has 0 spiro atoms. The lowest BCUT2D eigenvalue weighted by molar-refractivity contribution is -0.167. The maximum Gasteiger partial charge on any atom is 0.306 e. The molecule has 0 aliphatic heterocycles. The molecule has 3 atom stereocenters. The van der Waals surface area contributed by atoms with Crippen LogP contribution in [0.4, 0.5) is 0 Å². The third kappa shape index (κ3) is 40.6. The first-order valence-electron chi connectivity index (χ1n) is 24.8. The minimum Gasteiger partial charge on any atom is -0.462 e. The summed E-state index contributed by atoms with van der Waals surface area (Å²) in [6, 6.07) is 0. The van der Waals surface area contributed by atoms with E-state index in [4.69, 9.17) is 14.2 Å². The molecule has 56 heavy (non-hydrogen) atoms. The first kappa shape index (κ1) is 54.4. The summed E-state index contributed by atoms with van der Waals surface area (Å²) in [6.07, 6.45) is 42.1. The number of carbonyl (C=O) groups is 3. The topological polar surface area (TPSA) is 78.9 Å². The largest absolute Gasteiger partial charge is 0.462 e. The van der Waals surface area contributed by atoms with Gasteiger partial charge in [-0.05, 0) is 31.1 Å². The molecule has 0 N–H and O–H groups in total. The molecule has 0 rings (SSSR count). The smallest absolute Gasteiger partial charge is 0.306 e. The first-order valence-corrected chi connectivity index (χ1v) is 24.8. The molecule has 0 aliphatic carbocycles. The monoisotopic (exact) mass is 793 g/mol. The zero-order valence-electron chi connectivity index (χ0n) is 38.3. The number of rotatable bonds is 44. The number of esters is 3. The molecule has 0 radical (unpaired) electrons. The molecule has 0 fully saturated rings. The summed E-state index contributed by atoms with van der Waals surface area (Å²) in [5.41, 5.74) is 0. The standard InChI is InChI=1S/C50H96O6/c1-6-9-10-11-12-13-20-25-30-35-40-48(51)54-43-47(56-50(53)42-37-32-27-22-17-15-19-24-29-34-39-46(5)8-3)44-55-49(52)41-36-31-26-21-16-14-18-23-28-33-38-45(4)7-2/h45-47H,6-44H2,1-5H3/t45?,46?,47-/m0/s1. The Bertz CT molecular complexity index is 858. The summed E-state index contributed by atoms with van der Waals surface area (Å²) in [4.78, 5) is 37.8. The minimum absolute atomic E-state index is 0.0644. The zero-order valence-corrected chi connectivity index (χ0v) is 38.3. The number of ether oxygens (including phenoxy) is 3. The molecule has 2 unspecified atom stereocenters. The second-order valence-corrected chi connectivity index (χ2v) is 17.6. The average Bonchev–Trinajstić information content (AvgIpc) is 3.19. The van der Waals surface area contributed by atoms with Crippen LogP contribution < -0.4 is 0 Å². The molecule has 0 saturated heterocycles. The lowest BCUT2D eigenvalue weighted by atomic mass is 9.99. The number of hydrogen-bond donors (Lipinski definition) is 0. The van der Waals surface area contributed by atoms with E-state index < -0.39 is 6.10 Å². The lowest BCUT2D eigenvalue weighted by Crippen LogP contribution is -2.30. The van der Waals surface area contributed by atoms with E-state index in [-0.39, 0.29) is 31.1 Å². The fourth-order valence-electron chi connectivity index (χ4n) is 7.39. The van der Waals surface area contributed by atoms with Crippen LogP contribution in [0.3, 0.4) is 0 Å². The average molecular weight is 793 g/mol. The number of hydrogen-bond acceptors (Lipinski definition) is 6. The molecule has 0 aromatic heterocycles. The van der Waals surface area contributed by atoms with Gasteiger partial charge in [0.1, 0.15) is 13.2 Å².